The number of hydrogen-bond acceptors (Lipinski definition) is 10. The first-order valence-corrected chi connectivity index (χ1v) is 12.9. The molecule has 0 spiro atoms. The van der Waals surface area contributed by atoms with Crippen LogP contribution in [0.15, 0.2) is 49.1 Å². The number of carbonyl (C=O) groups is 2. The van der Waals surface area contributed by atoms with E-state index in [0.29, 0.717) is 27.9 Å². The highest BCUT2D eigenvalue weighted by Gasteiger charge is 2.24. The van der Waals surface area contributed by atoms with Crippen LogP contribution in [-0.4, -0.2) is 59.3 Å². The van der Waals surface area contributed by atoms with E-state index in [9.17, 15) is 9.59 Å². The van der Waals surface area contributed by atoms with E-state index in [4.69, 9.17) is 19.2 Å². The summed E-state index contributed by atoms with van der Waals surface area (Å²) in [5.74, 6) is 0.0160. The maximum atomic E-state index is 12.7. The van der Waals surface area contributed by atoms with Crippen LogP contribution in [0, 0.1) is 6.92 Å². The first kappa shape index (κ1) is 27.5. The second kappa shape index (κ2) is 10.8. The molecule has 0 bridgehead atoms. The largest absolute Gasteiger partial charge is 0.480 e. The molecule has 5 aromatic heterocycles. The van der Waals surface area contributed by atoms with Crippen molar-refractivity contribution < 1.29 is 23.8 Å². The topological polar surface area (TPSA) is 148 Å². The third kappa shape index (κ3) is 6.08. The maximum absolute atomic E-state index is 12.7. The zero-order valence-corrected chi connectivity index (χ0v) is 23.6. The number of nitrogens with zero attached hydrogens (tertiary/aromatic N) is 7. The molecule has 13 nitrogen and oxygen atoms in total. The quantitative estimate of drug-likeness (QED) is 0.282. The Morgan fingerprint density at radius 1 is 1.07 bits per heavy atom. The van der Waals surface area contributed by atoms with E-state index in [1.165, 1.54) is 11.8 Å². The molecule has 0 unspecified atom stereocenters. The zero-order valence-electron chi connectivity index (χ0n) is 23.6. The van der Waals surface area contributed by atoms with E-state index in [2.05, 4.69) is 25.5 Å². The molecule has 0 saturated heterocycles. The van der Waals surface area contributed by atoms with Crippen molar-refractivity contribution in [3.8, 4) is 11.4 Å². The number of esters is 1. The molecule has 5 rings (SSSR count). The zero-order chi connectivity index (χ0) is 29.3. The minimum absolute atomic E-state index is 0.103. The van der Waals surface area contributed by atoms with Crippen molar-refractivity contribution in [1.29, 1.82) is 0 Å². The number of methoxy groups -OCH3 is 1. The van der Waals surface area contributed by atoms with Crippen LogP contribution in [-0.2, 0) is 20.8 Å². The molecule has 0 aliphatic heterocycles. The average Bonchev–Trinajstić information content (AvgIpc) is 3.57. The second-order valence-electron chi connectivity index (χ2n) is 10.4. The Balaban J connectivity index is 1.58. The third-order valence-corrected chi connectivity index (χ3v) is 5.99. The van der Waals surface area contributed by atoms with Gasteiger partial charge in [0.05, 0.1) is 24.5 Å². The monoisotopic (exact) mass is 558 g/mol. The van der Waals surface area contributed by atoms with Gasteiger partial charge in [0.25, 0.3) is 0 Å². The maximum Gasteiger partial charge on any atom is 0.413 e. The van der Waals surface area contributed by atoms with Gasteiger partial charge in [-0.25, -0.2) is 24.1 Å². The van der Waals surface area contributed by atoms with Crippen LogP contribution < -0.4 is 10.1 Å². The van der Waals surface area contributed by atoms with Crippen LogP contribution in [0.2, 0.25) is 0 Å². The van der Waals surface area contributed by atoms with E-state index < -0.39 is 23.8 Å². The van der Waals surface area contributed by atoms with Crippen LogP contribution in [0.3, 0.4) is 0 Å². The molecule has 212 valence electrons. The SMILES string of the molecule is COC(=O)Cn1ncc2cc(-n3cccn3)c([C@H](C)Oc3cc4cnc(C)cc4nc3NC(=O)OC(C)(C)C)nc21. The summed E-state index contributed by atoms with van der Waals surface area (Å²) in [5.41, 5.74) is 2.34. The predicted octanol–water partition coefficient (Wildman–Crippen LogP) is 4.53. The summed E-state index contributed by atoms with van der Waals surface area (Å²) in [5, 5.41) is 12.8. The van der Waals surface area contributed by atoms with Crippen LogP contribution in [0.4, 0.5) is 10.6 Å². The number of carbonyl (C=O) groups excluding carboxylic acids is 2. The van der Waals surface area contributed by atoms with Crippen LogP contribution in [0.25, 0.3) is 27.6 Å². The second-order valence-corrected chi connectivity index (χ2v) is 10.4. The highest BCUT2D eigenvalue weighted by atomic mass is 16.6. The van der Waals surface area contributed by atoms with Crippen molar-refractivity contribution in [2.45, 2.75) is 52.9 Å². The lowest BCUT2D eigenvalue weighted by atomic mass is 10.1. The van der Waals surface area contributed by atoms with Gasteiger partial charge in [0, 0.05) is 35.1 Å². The van der Waals surface area contributed by atoms with Gasteiger partial charge in [-0.1, -0.05) is 0 Å². The first-order valence-electron chi connectivity index (χ1n) is 12.9. The minimum Gasteiger partial charge on any atom is -0.480 e. The van der Waals surface area contributed by atoms with Gasteiger partial charge in [-0.05, 0) is 58.9 Å². The van der Waals surface area contributed by atoms with Gasteiger partial charge in [0.1, 0.15) is 23.9 Å². The first-order chi connectivity index (χ1) is 19.5. The lowest BCUT2D eigenvalue weighted by Crippen LogP contribution is -2.27. The standard InChI is InChI=1S/C28H30N8O5/c1-16-10-20-18(13-29-16)12-22(25(32-20)34-27(38)41-28(3,4)5)40-17(2)24-21(35-9-7-8-30-35)11-19-14-31-36(26(19)33-24)15-23(37)39-6/h7-14,17H,15H2,1-6H3,(H,32,34,38)/t17-/m0/s1. The summed E-state index contributed by atoms with van der Waals surface area (Å²) in [4.78, 5) is 38.5. The van der Waals surface area contributed by atoms with Crippen LogP contribution in [0.5, 0.6) is 5.75 Å². The van der Waals surface area contributed by atoms with Gasteiger partial charge in [0.2, 0.25) is 0 Å². The number of fused-ring (bicyclic) bond motifs is 2. The molecule has 0 fully saturated rings. The number of amides is 1. The predicted molar refractivity (Wildman–Crippen MR) is 150 cm³/mol. The van der Waals surface area contributed by atoms with Crippen molar-refractivity contribution in [1.82, 2.24) is 34.5 Å². The van der Waals surface area contributed by atoms with Crippen molar-refractivity contribution >= 4 is 39.8 Å². The molecular formula is C28H30N8O5. The van der Waals surface area contributed by atoms with Gasteiger partial charge in [-0.3, -0.25) is 15.1 Å². The Hall–Kier alpha value is -5.07. The Bertz CT molecular complexity index is 1740. The molecule has 0 radical (unpaired) electrons. The summed E-state index contributed by atoms with van der Waals surface area (Å²) >= 11 is 0. The Kier molecular flexibility index (Phi) is 7.26. The number of aromatic nitrogens is 7. The average molecular weight is 559 g/mol. The molecule has 1 N–H and O–H groups in total. The molecule has 5 aromatic rings. The van der Waals surface area contributed by atoms with E-state index in [1.807, 2.05) is 26.0 Å². The molecule has 0 aliphatic carbocycles. The van der Waals surface area contributed by atoms with E-state index in [-0.39, 0.29) is 18.1 Å². The number of pyridine rings is 3. The summed E-state index contributed by atoms with van der Waals surface area (Å²) in [6.07, 6.45) is 5.42. The van der Waals surface area contributed by atoms with Crippen molar-refractivity contribution in [2.24, 2.45) is 0 Å². The van der Waals surface area contributed by atoms with Gasteiger partial charge < -0.3 is 14.2 Å². The summed E-state index contributed by atoms with van der Waals surface area (Å²) in [6.45, 7) is 8.90. The molecule has 13 heteroatoms. The molecule has 5 heterocycles. The molecule has 0 aliphatic rings. The van der Waals surface area contributed by atoms with Crippen molar-refractivity contribution in [2.75, 3.05) is 12.4 Å². The van der Waals surface area contributed by atoms with Crippen LogP contribution in [0.1, 0.15) is 45.2 Å². The van der Waals surface area contributed by atoms with Gasteiger partial charge >= 0.3 is 12.1 Å². The van der Waals surface area contributed by atoms with Gasteiger partial charge in [-0.15, -0.1) is 0 Å². The van der Waals surface area contributed by atoms with Crippen molar-refractivity contribution in [3.63, 3.8) is 0 Å². The molecular weight excluding hydrogens is 528 g/mol. The lowest BCUT2D eigenvalue weighted by molar-refractivity contribution is -0.141. The molecule has 1 atom stereocenters. The number of anilines is 1. The van der Waals surface area contributed by atoms with Gasteiger partial charge in [0.15, 0.2) is 17.2 Å². The molecule has 41 heavy (non-hydrogen) atoms. The molecule has 1 amide bonds. The molecule has 0 saturated carbocycles. The Morgan fingerprint density at radius 2 is 1.88 bits per heavy atom. The minimum atomic E-state index is -0.707. The summed E-state index contributed by atoms with van der Waals surface area (Å²) < 4.78 is 19.8. The number of nitrogens with one attached hydrogen (secondary N) is 1. The third-order valence-electron chi connectivity index (χ3n) is 5.99. The fourth-order valence-electron chi connectivity index (χ4n) is 4.18. The van der Waals surface area contributed by atoms with E-state index >= 15 is 0 Å². The highest BCUT2D eigenvalue weighted by Crippen LogP contribution is 2.33. The normalized spacial score (nSPS) is 12.3. The summed E-state index contributed by atoms with van der Waals surface area (Å²) in [7, 11) is 1.32. The lowest BCUT2D eigenvalue weighted by Gasteiger charge is -2.22. The summed E-state index contributed by atoms with van der Waals surface area (Å²) in [6, 6.07) is 7.24. The number of rotatable bonds is 7. The number of hydrogen-bond donors (Lipinski definition) is 1. The fourth-order valence-corrected chi connectivity index (χ4v) is 4.18. The number of aryl methyl sites for hydroxylation is 1. The van der Waals surface area contributed by atoms with Gasteiger partial charge in [-0.2, -0.15) is 10.2 Å². The highest BCUT2D eigenvalue weighted by molar-refractivity contribution is 5.90. The smallest absolute Gasteiger partial charge is 0.413 e. The Labute approximate surface area is 235 Å². The Morgan fingerprint density at radius 3 is 2.59 bits per heavy atom. The van der Waals surface area contributed by atoms with E-state index in [0.717, 1.165) is 11.1 Å². The van der Waals surface area contributed by atoms with E-state index in [1.54, 1.807) is 62.4 Å². The van der Waals surface area contributed by atoms with Crippen molar-refractivity contribution in [3.05, 3.63) is 60.4 Å². The molecule has 0 aromatic carbocycles. The fraction of sp³-hybridized carbons (Fsp3) is 0.321. The van der Waals surface area contributed by atoms with Crippen LogP contribution >= 0.6 is 0 Å². The number of ether oxygens (including phenoxy) is 3.